The molecule has 0 aliphatic rings. The van der Waals surface area contributed by atoms with E-state index in [0.29, 0.717) is 0 Å². The van der Waals surface area contributed by atoms with Crippen LogP contribution in [0, 0.1) is 0 Å². The summed E-state index contributed by atoms with van der Waals surface area (Å²) < 4.78 is 0. The summed E-state index contributed by atoms with van der Waals surface area (Å²) in [5.74, 6) is -1.13. The van der Waals surface area contributed by atoms with Crippen LogP contribution in [0.5, 0.6) is 0 Å². The number of hydrogen-bond donors (Lipinski definition) is 2. The molecule has 5 nitrogen and oxygen atoms in total. The van der Waals surface area contributed by atoms with Gasteiger partial charge in [-0.3, -0.25) is 0 Å². The lowest BCUT2D eigenvalue weighted by atomic mass is 10.1. The molecule has 0 aliphatic carbocycles. The van der Waals surface area contributed by atoms with Gasteiger partial charge in [0, 0.05) is 6.20 Å². The van der Waals surface area contributed by atoms with Gasteiger partial charge in [0.25, 0.3) is 0 Å². The van der Waals surface area contributed by atoms with Crippen LogP contribution >= 0.6 is 0 Å². The summed E-state index contributed by atoms with van der Waals surface area (Å²) in [6.07, 6.45) is 4.31. The van der Waals surface area contributed by atoms with Gasteiger partial charge >= 0.3 is 11.7 Å². The predicted octanol–water partition coefficient (Wildman–Crippen LogP) is 1.64. The van der Waals surface area contributed by atoms with Crippen LogP contribution in [-0.4, -0.2) is 21.0 Å². The number of rotatable bonds is 3. The first-order valence-corrected chi connectivity index (χ1v) is 5.22. The van der Waals surface area contributed by atoms with E-state index in [0.717, 1.165) is 11.8 Å². The number of nitrogens with zero attached hydrogens (tertiary/aromatic N) is 1. The smallest absolute Gasteiger partial charge is 0.345 e. The second kappa shape index (κ2) is 5.09. The Morgan fingerprint density at radius 2 is 1.94 bits per heavy atom. The van der Waals surface area contributed by atoms with Gasteiger partial charge in [-0.05, 0) is 11.6 Å². The molecule has 2 rings (SSSR count). The molecule has 0 saturated heterocycles. The molecule has 2 N–H and O–H groups in total. The predicted molar refractivity (Wildman–Crippen MR) is 67.2 cm³/mol. The highest BCUT2D eigenvalue weighted by atomic mass is 16.4. The van der Waals surface area contributed by atoms with Crippen molar-refractivity contribution in [3.05, 3.63) is 63.8 Å². The fourth-order valence-corrected chi connectivity index (χ4v) is 1.45. The summed E-state index contributed by atoms with van der Waals surface area (Å²) in [6, 6.07) is 9.36. The average molecular weight is 242 g/mol. The number of carbonyl (C=O) groups is 1. The topological polar surface area (TPSA) is 83.0 Å². The number of benzene rings is 1. The number of aromatic carboxylic acids is 1. The molecule has 0 unspecified atom stereocenters. The Hall–Kier alpha value is -2.69. The molecule has 1 aromatic heterocycles. The van der Waals surface area contributed by atoms with E-state index in [1.807, 2.05) is 30.3 Å². The van der Waals surface area contributed by atoms with Crippen molar-refractivity contribution in [3.8, 4) is 0 Å². The summed E-state index contributed by atoms with van der Waals surface area (Å²) >= 11 is 0. The number of carboxylic acid groups (broad SMARTS) is 1. The zero-order valence-electron chi connectivity index (χ0n) is 9.33. The molecule has 0 bridgehead atoms. The summed E-state index contributed by atoms with van der Waals surface area (Å²) in [6.45, 7) is 0. The van der Waals surface area contributed by atoms with Crippen LogP contribution in [0.25, 0.3) is 12.2 Å². The Balaban J connectivity index is 2.39. The molecule has 90 valence electrons. The minimum atomic E-state index is -1.13. The Kier molecular flexibility index (Phi) is 3.33. The number of aromatic nitrogens is 2. The quantitative estimate of drug-likeness (QED) is 0.857. The van der Waals surface area contributed by atoms with Crippen LogP contribution < -0.4 is 5.69 Å². The minimum absolute atomic E-state index is 0.0400. The zero-order chi connectivity index (χ0) is 13.0. The van der Waals surface area contributed by atoms with Crippen molar-refractivity contribution in [2.75, 3.05) is 0 Å². The van der Waals surface area contributed by atoms with Crippen molar-refractivity contribution in [3.63, 3.8) is 0 Å². The standard InChI is InChI=1S/C13H10N2O3/c16-12(17)10-8-14-13(18)15-11(10)7-6-9-4-2-1-3-5-9/h1-8H,(H,16,17)(H,14,15,18)/b7-6+. The van der Waals surface area contributed by atoms with E-state index in [2.05, 4.69) is 9.97 Å². The molecule has 0 spiro atoms. The van der Waals surface area contributed by atoms with Gasteiger partial charge in [0.05, 0.1) is 5.69 Å². The molecule has 0 aliphatic heterocycles. The van der Waals surface area contributed by atoms with E-state index in [9.17, 15) is 9.59 Å². The maximum absolute atomic E-state index is 11.1. The van der Waals surface area contributed by atoms with Crippen LogP contribution in [0.2, 0.25) is 0 Å². The fourth-order valence-electron chi connectivity index (χ4n) is 1.45. The SMILES string of the molecule is O=C(O)c1cnc(=O)[nH]c1/C=C/c1ccccc1. The minimum Gasteiger partial charge on any atom is -0.478 e. The first-order valence-electron chi connectivity index (χ1n) is 5.22. The van der Waals surface area contributed by atoms with Gasteiger partial charge in [-0.25, -0.2) is 14.6 Å². The zero-order valence-corrected chi connectivity index (χ0v) is 9.33. The first-order chi connectivity index (χ1) is 8.66. The highest BCUT2D eigenvalue weighted by Gasteiger charge is 2.08. The number of nitrogens with one attached hydrogen (secondary N) is 1. The van der Waals surface area contributed by atoms with E-state index < -0.39 is 11.7 Å². The number of H-pyrrole nitrogens is 1. The van der Waals surface area contributed by atoms with Crippen LogP contribution in [0.3, 0.4) is 0 Å². The van der Waals surface area contributed by atoms with Gasteiger partial charge in [0.15, 0.2) is 0 Å². The van der Waals surface area contributed by atoms with Crippen molar-refractivity contribution in [1.29, 1.82) is 0 Å². The van der Waals surface area contributed by atoms with Crippen LogP contribution in [0.4, 0.5) is 0 Å². The van der Waals surface area contributed by atoms with E-state index in [1.54, 1.807) is 12.2 Å². The lowest BCUT2D eigenvalue weighted by Gasteiger charge is -1.99. The van der Waals surface area contributed by atoms with Crippen molar-refractivity contribution in [2.24, 2.45) is 0 Å². The molecule has 2 aromatic rings. The second-order valence-electron chi connectivity index (χ2n) is 3.56. The summed E-state index contributed by atoms with van der Waals surface area (Å²) in [5, 5.41) is 8.96. The summed E-state index contributed by atoms with van der Waals surface area (Å²) in [4.78, 5) is 27.8. The van der Waals surface area contributed by atoms with Gasteiger partial charge < -0.3 is 10.1 Å². The van der Waals surface area contributed by atoms with Crippen molar-refractivity contribution in [2.45, 2.75) is 0 Å². The van der Waals surface area contributed by atoms with E-state index in [1.165, 1.54) is 0 Å². The Bertz CT molecular complexity index is 645. The van der Waals surface area contributed by atoms with Crippen molar-refractivity contribution < 1.29 is 9.90 Å². The molecule has 0 fully saturated rings. The van der Waals surface area contributed by atoms with Gasteiger partial charge in [-0.1, -0.05) is 36.4 Å². The molecule has 0 radical (unpaired) electrons. The molecule has 1 aromatic carbocycles. The van der Waals surface area contributed by atoms with Crippen LogP contribution in [-0.2, 0) is 0 Å². The molecular formula is C13H10N2O3. The monoisotopic (exact) mass is 242 g/mol. The molecule has 18 heavy (non-hydrogen) atoms. The lowest BCUT2D eigenvalue weighted by molar-refractivity contribution is 0.0695. The highest BCUT2D eigenvalue weighted by molar-refractivity contribution is 5.92. The third-order valence-electron chi connectivity index (χ3n) is 2.32. The van der Waals surface area contributed by atoms with Gasteiger partial charge in [0.2, 0.25) is 0 Å². The van der Waals surface area contributed by atoms with Gasteiger partial charge in [0.1, 0.15) is 5.56 Å². The van der Waals surface area contributed by atoms with Crippen molar-refractivity contribution in [1.82, 2.24) is 9.97 Å². The third-order valence-corrected chi connectivity index (χ3v) is 2.32. The maximum atomic E-state index is 11.1. The number of hydrogen-bond acceptors (Lipinski definition) is 3. The lowest BCUT2D eigenvalue weighted by Crippen LogP contribution is -2.15. The molecule has 0 saturated carbocycles. The molecular weight excluding hydrogens is 232 g/mol. The fraction of sp³-hybridized carbons (Fsp3) is 0. The highest BCUT2D eigenvalue weighted by Crippen LogP contribution is 2.08. The van der Waals surface area contributed by atoms with E-state index >= 15 is 0 Å². The largest absolute Gasteiger partial charge is 0.478 e. The summed E-state index contributed by atoms with van der Waals surface area (Å²) in [5.41, 5.74) is 0.521. The number of carboxylic acids is 1. The van der Waals surface area contributed by atoms with E-state index in [-0.39, 0.29) is 11.3 Å². The Labute approximate surface area is 102 Å². The average Bonchev–Trinajstić information content (AvgIpc) is 2.37. The first kappa shape index (κ1) is 11.8. The molecule has 0 atom stereocenters. The van der Waals surface area contributed by atoms with E-state index in [4.69, 9.17) is 5.11 Å². The molecule has 1 heterocycles. The Morgan fingerprint density at radius 3 is 2.61 bits per heavy atom. The molecule has 0 amide bonds. The second-order valence-corrected chi connectivity index (χ2v) is 3.56. The normalized spacial score (nSPS) is 10.7. The van der Waals surface area contributed by atoms with Gasteiger partial charge in [-0.2, -0.15) is 0 Å². The molecule has 5 heteroatoms. The summed E-state index contributed by atoms with van der Waals surface area (Å²) in [7, 11) is 0. The van der Waals surface area contributed by atoms with Crippen molar-refractivity contribution >= 4 is 18.1 Å². The van der Waals surface area contributed by atoms with Crippen LogP contribution in [0.1, 0.15) is 21.6 Å². The Morgan fingerprint density at radius 1 is 1.22 bits per heavy atom. The van der Waals surface area contributed by atoms with Crippen LogP contribution in [0.15, 0.2) is 41.3 Å². The maximum Gasteiger partial charge on any atom is 0.345 e. The third kappa shape index (κ3) is 2.70. The number of aromatic amines is 1. The van der Waals surface area contributed by atoms with Gasteiger partial charge in [-0.15, -0.1) is 0 Å².